The molecule has 7 heteroatoms. The van der Waals surface area contributed by atoms with Crippen LogP contribution in [0.25, 0.3) is 6.08 Å². The molecule has 174 valence electrons. The number of nitrogens with one attached hydrogen (secondary N) is 2. The summed E-state index contributed by atoms with van der Waals surface area (Å²) in [7, 11) is 0. The fourth-order valence-electron chi connectivity index (χ4n) is 3.54. The minimum atomic E-state index is -0.179. The lowest BCUT2D eigenvalue weighted by molar-refractivity contribution is -0.110. The Morgan fingerprint density at radius 2 is 1.80 bits per heavy atom. The summed E-state index contributed by atoms with van der Waals surface area (Å²) >= 11 is 0. The van der Waals surface area contributed by atoms with E-state index in [0.29, 0.717) is 29.2 Å². The van der Waals surface area contributed by atoms with Crippen molar-refractivity contribution in [2.24, 2.45) is 0 Å². The summed E-state index contributed by atoms with van der Waals surface area (Å²) in [5.41, 5.74) is 13.0. The fraction of sp³-hybridized carbons (Fsp3) is 0.0714. The molecule has 0 saturated carbocycles. The maximum atomic E-state index is 12.8. The molecule has 1 amide bonds. The van der Waals surface area contributed by atoms with Crippen molar-refractivity contribution in [3.05, 3.63) is 119 Å². The van der Waals surface area contributed by atoms with Gasteiger partial charge in [-0.3, -0.25) is 20.2 Å². The van der Waals surface area contributed by atoms with Gasteiger partial charge in [0.05, 0.1) is 22.5 Å². The van der Waals surface area contributed by atoms with Gasteiger partial charge in [-0.1, -0.05) is 12.1 Å². The van der Waals surface area contributed by atoms with E-state index in [9.17, 15) is 4.79 Å². The molecule has 2 heterocycles. The van der Waals surface area contributed by atoms with Crippen molar-refractivity contribution in [1.82, 2.24) is 15.3 Å². The van der Waals surface area contributed by atoms with Crippen LogP contribution < -0.4 is 21.8 Å². The molecule has 0 saturated heterocycles. The second-order valence-corrected chi connectivity index (χ2v) is 8.06. The lowest BCUT2D eigenvalue weighted by Gasteiger charge is -2.13. The topological polar surface area (TPSA) is 119 Å². The van der Waals surface area contributed by atoms with Gasteiger partial charge in [0.15, 0.2) is 0 Å². The van der Waals surface area contributed by atoms with Crippen LogP contribution >= 0.6 is 0 Å². The van der Waals surface area contributed by atoms with E-state index in [0.717, 1.165) is 28.1 Å². The van der Waals surface area contributed by atoms with Crippen LogP contribution in [0.2, 0.25) is 0 Å². The Kier molecular flexibility index (Phi) is 7.28. The maximum absolute atomic E-state index is 12.8. The standard InChI is InChI=1S/C28H26N6O/c1-19-10-15-32-21(16-19)7-9-25(29)23-8-6-22(17-26(23)30)34-27-5-3-2-4-24(27)28(35)33-18-20-11-13-31-14-12-20/h2-17,29,34H,18,30H2,1H3,(H,33,35)/p+1/b9-7+,29-25?. The molecule has 0 aliphatic rings. The minimum Gasteiger partial charge on any atom is -0.398 e. The third-order valence-electron chi connectivity index (χ3n) is 5.39. The maximum Gasteiger partial charge on any atom is 0.253 e. The number of hydrogen-bond acceptors (Lipinski definition) is 5. The van der Waals surface area contributed by atoms with Crippen molar-refractivity contribution in [1.29, 1.82) is 0 Å². The van der Waals surface area contributed by atoms with Crippen molar-refractivity contribution >= 4 is 34.8 Å². The predicted molar refractivity (Wildman–Crippen MR) is 140 cm³/mol. The van der Waals surface area contributed by atoms with Gasteiger partial charge in [-0.15, -0.1) is 0 Å². The molecule has 0 fully saturated rings. The van der Waals surface area contributed by atoms with Crippen LogP contribution in [0, 0.1) is 6.92 Å². The van der Waals surface area contributed by atoms with E-state index in [-0.39, 0.29) is 5.91 Å². The predicted octanol–water partition coefficient (Wildman–Crippen LogP) is 3.30. The molecule has 0 bridgehead atoms. The first-order valence-corrected chi connectivity index (χ1v) is 11.2. The van der Waals surface area contributed by atoms with Crippen LogP contribution in [-0.4, -0.2) is 21.6 Å². The van der Waals surface area contributed by atoms with E-state index in [4.69, 9.17) is 11.1 Å². The number of amides is 1. The molecule has 7 nitrogen and oxygen atoms in total. The molecule has 0 aliphatic carbocycles. The number of aromatic nitrogens is 2. The third-order valence-corrected chi connectivity index (χ3v) is 5.39. The third kappa shape index (κ3) is 6.17. The summed E-state index contributed by atoms with van der Waals surface area (Å²) in [5, 5.41) is 12.5. The Hall–Kier alpha value is -4.78. The Morgan fingerprint density at radius 3 is 2.57 bits per heavy atom. The zero-order chi connectivity index (χ0) is 24.6. The number of nitrogens with two attached hydrogens (primary N) is 2. The number of pyridine rings is 2. The number of nitrogen functional groups attached to an aromatic ring is 1. The fourth-order valence-corrected chi connectivity index (χ4v) is 3.54. The second kappa shape index (κ2) is 10.9. The van der Waals surface area contributed by atoms with Crippen molar-refractivity contribution in [3.63, 3.8) is 0 Å². The Labute approximate surface area is 204 Å². The van der Waals surface area contributed by atoms with Crippen LogP contribution in [0.4, 0.5) is 17.1 Å². The van der Waals surface area contributed by atoms with E-state index < -0.39 is 0 Å². The van der Waals surface area contributed by atoms with E-state index in [2.05, 4.69) is 20.6 Å². The quantitative estimate of drug-likeness (QED) is 0.236. The van der Waals surface area contributed by atoms with Crippen LogP contribution in [0.5, 0.6) is 0 Å². The first kappa shape index (κ1) is 23.4. The Balaban J connectivity index is 1.46. The number of carbonyl (C=O) groups excluding carboxylic acids is 1. The van der Waals surface area contributed by atoms with E-state index >= 15 is 0 Å². The van der Waals surface area contributed by atoms with Gasteiger partial charge in [-0.05, 0) is 78.7 Å². The number of anilines is 3. The SMILES string of the molecule is Cc1ccnc(/C=C/C(=[NH2+])c2ccc(Nc3ccccc3C(=O)NCc3ccncc3)cc2N)c1. The number of carbonyl (C=O) groups is 1. The molecule has 2 aromatic carbocycles. The molecule has 0 aliphatic heterocycles. The molecule has 0 atom stereocenters. The van der Waals surface area contributed by atoms with Crippen LogP contribution in [0.3, 0.4) is 0 Å². The first-order valence-electron chi connectivity index (χ1n) is 11.2. The minimum absolute atomic E-state index is 0.179. The first-order chi connectivity index (χ1) is 17.0. The number of benzene rings is 2. The largest absolute Gasteiger partial charge is 0.398 e. The monoisotopic (exact) mass is 463 g/mol. The van der Waals surface area contributed by atoms with Crippen LogP contribution in [0.15, 0.2) is 91.4 Å². The smallest absolute Gasteiger partial charge is 0.253 e. The van der Waals surface area contributed by atoms with Gasteiger partial charge in [0, 0.05) is 42.6 Å². The molecule has 0 unspecified atom stereocenters. The number of nitrogens with zero attached hydrogens (tertiary/aromatic N) is 2. The number of para-hydroxylation sites is 1. The van der Waals surface area contributed by atoms with E-state index in [1.807, 2.05) is 67.6 Å². The normalized spacial score (nSPS) is 10.8. The Bertz CT molecular complexity index is 1380. The van der Waals surface area contributed by atoms with Crippen LogP contribution in [-0.2, 0) is 6.54 Å². The zero-order valence-corrected chi connectivity index (χ0v) is 19.4. The summed E-state index contributed by atoms with van der Waals surface area (Å²) in [4.78, 5) is 21.1. The Morgan fingerprint density at radius 1 is 1.00 bits per heavy atom. The molecule has 2 aromatic heterocycles. The molecule has 6 N–H and O–H groups in total. The molecule has 35 heavy (non-hydrogen) atoms. The van der Waals surface area contributed by atoms with Crippen molar-refractivity contribution in [2.45, 2.75) is 13.5 Å². The highest BCUT2D eigenvalue weighted by molar-refractivity contribution is 6.10. The van der Waals surface area contributed by atoms with Crippen molar-refractivity contribution < 1.29 is 10.2 Å². The highest BCUT2D eigenvalue weighted by Gasteiger charge is 2.13. The molecule has 0 spiro atoms. The summed E-state index contributed by atoms with van der Waals surface area (Å²) < 4.78 is 0. The average molecular weight is 464 g/mol. The van der Waals surface area contributed by atoms with Gasteiger partial charge >= 0.3 is 0 Å². The van der Waals surface area contributed by atoms with Gasteiger partial charge in [0.25, 0.3) is 5.91 Å². The lowest BCUT2D eigenvalue weighted by atomic mass is 10.1. The number of hydrogen-bond donors (Lipinski definition) is 4. The molecule has 4 rings (SSSR count). The summed E-state index contributed by atoms with van der Waals surface area (Å²) in [6.07, 6.45) is 8.81. The highest BCUT2D eigenvalue weighted by atomic mass is 16.1. The lowest BCUT2D eigenvalue weighted by Crippen LogP contribution is -2.39. The highest BCUT2D eigenvalue weighted by Crippen LogP contribution is 2.24. The number of aryl methyl sites for hydroxylation is 1. The number of rotatable bonds is 8. The molecular weight excluding hydrogens is 436 g/mol. The molecular formula is C28H27N6O+. The van der Waals surface area contributed by atoms with E-state index in [1.165, 1.54) is 0 Å². The number of allylic oxidation sites excluding steroid dienone is 1. The zero-order valence-electron chi connectivity index (χ0n) is 19.4. The summed E-state index contributed by atoms with van der Waals surface area (Å²) in [6.45, 7) is 2.43. The molecule has 0 radical (unpaired) electrons. The van der Waals surface area contributed by atoms with Gasteiger partial charge in [-0.2, -0.15) is 0 Å². The summed E-state index contributed by atoms with van der Waals surface area (Å²) in [5.74, 6) is -0.179. The summed E-state index contributed by atoms with van der Waals surface area (Å²) in [6, 6.07) is 20.5. The van der Waals surface area contributed by atoms with Crippen molar-refractivity contribution in [3.8, 4) is 0 Å². The average Bonchev–Trinajstić information content (AvgIpc) is 2.87. The van der Waals surface area contributed by atoms with Gasteiger partial charge in [-0.25, -0.2) is 0 Å². The van der Waals surface area contributed by atoms with Crippen LogP contribution in [0.1, 0.15) is 32.7 Å². The van der Waals surface area contributed by atoms with E-state index in [1.54, 1.807) is 36.8 Å². The van der Waals surface area contributed by atoms with Gasteiger partial charge in [0.1, 0.15) is 0 Å². The molecule has 4 aromatic rings. The van der Waals surface area contributed by atoms with Crippen molar-refractivity contribution in [2.75, 3.05) is 11.1 Å². The second-order valence-electron chi connectivity index (χ2n) is 8.06. The van der Waals surface area contributed by atoms with Gasteiger partial charge < -0.3 is 16.4 Å². The van der Waals surface area contributed by atoms with Gasteiger partial charge in [0.2, 0.25) is 5.71 Å².